The summed E-state index contributed by atoms with van der Waals surface area (Å²) in [5, 5.41) is 3.35. The maximum atomic E-state index is 5.13. The first-order chi connectivity index (χ1) is 4.97. The molecule has 1 N–H and O–H groups in total. The fourth-order valence-electron chi connectivity index (χ4n) is 1.37. The first kappa shape index (κ1) is 5.98. The van der Waals surface area contributed by atoms with E-state index in [1.54, 1.807) is 0 Å². The van der Waals surface area contributed by atoms with E-state index in [0.717, 1.165) is 12.3 Å². The van der Waals surface area contributed by atoms with Crippen LogP contribution in [0, 0.1) is 6.26 Å². The van der Waals surface area contributed by atoms with Crippen molar-refractivity contribution >= 4 is 0 Å². The zero-order valence-corrected chi connectivity index (χ0v) is 5.76. The van der Waals surface area contributed by atoms with Gasteiger partial charge in [0.05, 0.1) is 6.04 Å². The maximum Gasteiger partial charge on any atom is 0.169 e. The van der Waals surface area contributed by atoms with Crippen molar-refractivity contribution in [3.05, 3.63) is 24.2 Å². The van der Waals surface area contributed by atoms with Crippen molar-refractivity contribution in [2.24, 2.45) is 0 Å². The largest absolute Gasteiger partial charge is 0.456 e. The lowest BCUT2D eigenvalue weighted by Gasteiger charge is -2.03. The van der Waals surface area contributed by atoms with Crippen molar-refractivity contribution in [2.45, 2.75) is 18.9 Å². The van der Waals surface area contributed by atoms with Crippen LogP contribution in [-0.4, -0.2) is 6.54 Å². The molecule has 2 heterocycles. The van der Waals surface area contributed by atoms with Crippen LogP contribution in [0.3, 0.4) is 0 Å². The van der Waals surface area contributed by atoms with E-state index in [0.29, 0.717) is 6.04 Å². The van der Waals surface area contributed by atoms with Crippen LogP contribution in [0.25, 0.3) is 0 Å². The molecule has 1 aromatic heterocycles. The number of hydrogen-bond acceptors (Lipinski definition) is 2. The highest BCUT2D eigenvalue weighted by Crippen LogP contribution is 2.22. The summed E-state index contributed by atoms with van der Waals surface area (Å²) in [6.45, 7) is 1.12. The van der Waals surface area contributed by atoms with Crippen LogP contribution in [-0.2, 0) is 0 Å². The molecule has 53 valence electrons. The van der Waals surface area contributed by atoms with Gasteiger partial charge in [0.25, 0.3) is 0 Å². The second-order valence-corrected chi connectivity index (χ2v) is 2.60. The van der Waals surface area contributed by atoms with Gasteiger partial charge in [-0.15, -0.1) is 0 Å². The predicted molar refractivity (Wildman–Crippen MR) is 37.5 cm³/mol. The Kier molecular flexibility index (Phi) is 1.47. The van der Waals surface area contributed by atoms with Crippen LogP contribution < -0.4 is 5.32 Å². The van der Waals surface area contributed by atoms with E-state index < -0.39 is 0 Å². The van der Waals surface area contributed by atoms with Gasteiger partial charge in [-0.25, -0.2) is 0 Å². The summed E-state index contributed by atoms with van der Waals surface area (Å²) in [5.41, 5.74) is 0. The summed E-state index contributed by atoms with van der Waals surface area (Å²) in [4.78, 5) is 0. The van der Waals surface area contributed by atoms with Crippen molar-refractivity contribution in [3.8, 4) is 0 Å². The van der Waals surface area contributed by atoms with Crippen molar-refractivity contribution < 1.29 is 4.42 Å². The zero-order chi connectivity index (χ0) is 6.81. The Morgan fingerprint density at radius 2 is 2.70 bits per heavy atom. The van der Waals surface area contributed by atoms with Gasteiger partial charge in [-0.1, -0.05) is 0 Å². The van der Waals surface area contributed by atoms with Crippen molar-refractivity contribution in [2.75, 3.05) is 6.54 Å². The van der Waals surface area contributed by atoms with Gasteiger partial charge in [0.2, 0.25) is 0 Å². The first-order valence-corrected chi connectivity index (χ1v) is 3.66. The molecule has 0 aliphatic carbocycles. The lowest BCUT2D eigenvalue weighted by Crippen LogP contribution is -2.11. The summed E-state index contributed by atoms with van der Waals surface area (Å²) in [6.07, 6.45) is 5.14. The highest BCUT2D eigenvalue weighted by molar-refractivity contribution is 5.04. The molecule has 10 heavy (non-hydrogen) atoms. The molecule has 1 atom stereocenters. The molecule has 0 aromatic carbocycles. The Balaban J connectivity index is 2.12. The third kappa shape index (κ3) is 0.948. The van der Waals surface area contributed by atoms with E-state index in [1.807, 2.05) is 12.1 Å². The SMILES string of the molecule is [c]1ccc([C@@H]2CCCN2)o1. The van der Waals surface area contributed by atoms with Gasteiger partial charge in [0, 0.05) is 0 Å². The molecule has 0 saturated carbocycles. The molecule has 1 saturated heterocycles. The van der Waals surface area contributed by atoms with E-state index in [1.165, 1.54) is 12.8 Å². The van der Waals surface area contributed by atoms with E-state index in [4.69, 9.17) is 4.42 Å². The monoisotopic (exact) mass is 136 g/mol. The van der Waals surface area contributed by atoms with Gasteiger partial charge < -0.3 is 9.73 Å². The van der Waals surface area contributed by atoms with Gasteiger partial charge in [0.1, 0.15) is 5.76 Å². The fourth-order valence-corrected chi connectivity index (χ4v) is 1.37. The molecule has 2 nitrogen and oxygen atoms in total. The number of rotatable bonds is 1. The minimum Gasteiger partial charge on any atom is -0.456 e. The Morgan fingerprint density at radius 3 is 3.30 bits per heavy atom. The summed E-state index contributed by atoms with van der Waals surface area (Å²) in [7, 11) is 0. The van der Waals surface area contributed by atoms with Gasteiger partial charge >= 0.3 is 0 Å². The standard InChI is InChI=1S/C8H10NO/c1-3-7(9-5-1)8-4-2-6-10-8/h2,4,7,9H,1,3,5H2/t7-/m0/s1. The third-order valence-corrected chi connectivity index (χ3v) is 1.90. The normalized spacial score (nSPS) is 25.4. The fraction of sp³-hybridized carbons (Fsp3) is 0.500. The highest BCUT2D eigenvalue weighted by atomic mass is 16.3. The summed E-state index contributed by atoms with van der Waals surface area (Å²) in [5.74, 6) is 1.03. The average Bonchev–Trinajstić information content (AvgIpc) is 2.59. The first-order valence-electron chi connectivity index (χ1n) is 3.66. The Hall–Kier alpha value is -0.760. The van der Waals surface area contributed by atoms with Gasteiger partial charge in [0.15, 0.2) is 6.26 Å². The Bertz CT molecular complexity index is 187. The molecule has 1 radical (unpaired) electrons. The van der Waals surface area contributed by atoms with Crippen molar-refractivity contribution in [1.29, 1.82) is 0 Å². The third-order valence-electron chi connectivity index (χ3n) is 1.90. The lowest BCUT2D eigenvalue weighted by molar-refractivity contribution is 0.441. The average molecular weight is 136 g/mol. The number of nitrogens with one attached hydrogen (secondary N) is 1. The Morgan fingerprint density at radius 1 is 1.70 bits per heavy atom. The molecule has 2 heteroatoms. The number of hydrogen-bond donors (Lipinski definition) is 1. The summed E-state index contributed by atoms with van der Waals surface area (Å²) in [6, 6.07) is 4.24. The molecule has 0 amide bonds. The van der Waals surface area contributed by atoms with Crippen molar-refractivity contribution in [3.63, 3.8) is 0 Å². The second kappa shape index (κ2) is 2.46. The minimum absolute atomic E-state index is 0.450. The van der Waals surface area contributed by atoms with Crippen LogP contribution in [0.5, 0.6) is 0 Å². The van der Waals surface area contributed by atoms with Crippen molar-refractivity contribution in [1.82, 2.24) is 5.32 Å². The Labute approximate surface area is 60.2 Å². The number of furan rings is 1. The molecular weight excluding hydrogens is 126 g/mol. The second-order valence-electron chi connectivity index (χ2n) is 2.60. The van der Waals surface area contributed by atoms with Gasteiger partial charge in [-0.3, -0.25) is 0 Å². The molecule has 0 unspecified atom stereocenters. The van der Waals surface area contributed by atoms with E-state index in [9.17, 15) is 0 Å². The van der Waals surface area contributed by atoms with E-state index >= 15 is 0 Å². The molecule has 1 aliphatic rings. The smallest absolute Gasteiger partial charge is 0.169 e. The van der Waals surface area contributed by atoms with Crippen LogP contribution in [0.1, 0.15) is 24.6 Å². The lowest BCUT2D eigenvalue weighted by atomic mass is 10.2. The van der Waals surface area contributed by atoms with Gasteiger partial charge in [-0.2, -0.15) is 0 Å². The topological polar surface area (TPSA) is 25.2 Å². The molecular formula is C8H10NO. The predicted octanol–water partition coefficient (Wildman–Crippen LogP) is 1.50. The molecule has 1 aliphatic heterocycles. The summed E-state index contributed by atoms with van der Waals surface area (Å²) >= 11 is 0. The molecule has 2 rings (SSSR count). The highest BCUT2D eigenvalue weighted by Gasteiger charge is 2.17. The molecule has 0 bridgehead atoms. The molecule has 0 spiro atoms. The van der Waals surface area contributed by atoms with Crippen LogP contribution in [0.4, 0.5) is 0 Å². The van der Waals surface area contributed by atoms with Gasteiger partial charge in [-0.05, 0) is 31.5 Å². The van der Waals surface area contributed by atoms with Crippen LogP contribution in [0.2, 0.25) is 0 Å². The van der Waals surface area contributed by atoms with Crippen LogP contribution in [0.15, 0.2) is 16.5 Å². The van der Waals surface area contributed by atoms with E-state index in [2.05, 4.69) is 11.6 Å². The molecule has 1 fully saturated rings. The summed E-state index contributed by atoms with van der Waals surface area (Å²) < 4.78 is 5.13. The zero-order valence-electron chi connectivity index (χ0n) is 5.76. The molecule has 1 aromatic rings. The van der Waals surface area contributed by atoms with Crippen LogP contribution >= 0.6 is 0 Å². The minimum atomic E-state index is 0.450. The van der Waals surface area contributed by atoms with E-state index in [-0.39, 0.29) is 0 Å². The maximum absolute atomic E-state index is 5.13. The quantitative estimate of drug-likeness (QED) is 0.633.